The van der Waals surface area contributed by atoms with Crippen molar-refractivity contribution in [1.82, 2.24) is 0 Å². The van der Waals surface area contributed by atoms with E-state index in [2.05, 4.69) is 0 Å². The molecule has 0 fully saturated rings. The Kier molecular flexibility index (Phi) is 91.8. The summed E-state index contributed by atoms with van der Waals surface area (Å²) in [7, 11) is 0. The average Bonchev–Trinajstić information content (AvgIpc) is 1.00. The van der Waals surface area contributed by atoms with Gasteiger partial charge in [0.1, 0.15) is 0 Å². The molecular weight excluding hydrogens is 163 g/mol. The van der Waals surface area contributed by atoms with E-state index in [1.165, 1.54) is 0 Å². The van der Waals surface area contributed by atoms with Crippen LogP contribution in [0.15, 0.2) is 0 Å². The van der Waals surface area contributed by atoms with Crippen molar-refractivity contribution in [2.75, 3.05) is 0 Å². The molecule has 0 heterocycles. The Morgan fingerprint density at radius 2 is 1.25 bits per heavy atom. The maximum atomic E-state index is 8.26. The van der Waals surface area contributed by atoms with Gasteiger partial charge in [0, 0.05) is 40.4 Å². The van der Waals surface area contributed by atoms with Gasteiger partial charge in [0.15, 0.2) is 0 Å². The van der Waals surface area contributed by atoms with Crippen LogP contribution in [0.3, 0.4) is 0 Å². The Hall–Kier alpha value is 1.79. The van der Waals surface area contributed by atoms with E-state index >= 15 is 0 Å². The second-order valence-corrected chi connectivity index (χ2v) is 0. The Morgan fingerprint density at radius 3 is 1.25 bits per heavy atom. The second-order valence-electron chi connectivity index (χ2n) is 0. The van der Waals surface area contributed by atoms with Gasteiger partial charge in [-0.15, -0.1) is 0 Å². The zero-order valence-electron chi connectivity index (χ0n) is 2.10. The minimum absolute atomic E-state index is 0. The van der Waals surface area contributed by atoms with Crippen molar-refractivity contribution in [2.24, 2.45) is 0 Å². The van der Waals surface area contributed by atoms with Crippen LogP contribution < -0.4 is 0 Å². The normalized spacial score (nSPS) is 1.00. The molecule has 0 aliphatic heterocycles. The summed E-state index contributed by atoms with van der Waals surface area (Å²) >= 11 is 0.700. The fourth-order valence-electron chi connectivity index (χ4n) is 0. The van der Waals surface area contributed by atoms with Gasteiger partial charge < -0.3 is 0 Å². The summed E-state index contributed by atoms with van der Waals surface area (Å²) in [4.78, 5) is 0. The SMILES string of the molecule is [Al].[Mg].[O]=[Mo]. The molecular formula is AlMgMoO. The molecule has 0 aromatic heterocycles. The third-order valence-electron chi connectivity index (χ3n) is 0. The molecule has 17 valence electrons. The standard InChI is InChI=1S/Al.Mg.Mo.O. The summed E-state index contributed by atoms with van der Waals surface area (Å²) in [5.74, 6) is 0. The summed E-state index contributed by atoms with van der Waals surface area (Å²) in [6.07, 6.45) is 0. The molecule has 0 saturated heterocycles. The Labute approximate surface area is 63.0 Å². The van der Waals surface area contributed by atoms with Gasteiger partial charge in [0.05, 0.1) is 0 Å². The van der Waals surface area contributed by atoms with Crippen LogP contribution in [0.2, 0.25) is 0 Å². The van der Waals surface area contributed by atoms with E-state index < -0.39 is 0 Å². The van der Waals surface area contributed by atoms with Crippen LogP contribution >= 0.6 is 0 Å². The number of rotatable bonds is 0. The van der Waals surface area contributed by atoms with E-state index in [0.717, 1.165) is 0 Å². The molecule has 0 aromatic carbocycles. The van der Waals surface area contributed by atoms with E-state index in [0.29, 0.717) is 19.8 Å². The van der Waals surface area contributed by atoms with Crippen LogP contribution in [0.4, 0.5) is 0 Å². The van der Waals surface area contributed by atoms with Crippen molar-refractivity contribution in [3.8, 4) is 0 Å². The summed E-state index contributed by atoms with van der Waals surface area (Å²) in [6.45, 7) is 0. The molecule has 5 radical (unpaired) electrons. The van der Waals surface area contributed by atoms with Crippen molar-refractivity contribution in [1.29, 1.82) is 0 Å². The molecule has 0 aliphatic carbocycles. The van der Waals surface area contributed by atoms with Gasteiger partial charge in [-0.2, -0.15) is 0 Å². The maximum absolute atomic E-state index is 8.26. The molecule has 0 aliphatic rings. The monoisotopic (exact) mass is 165 g/mol. The predicted molar refractivity (Wildman–Crippen MR) is 12.2 cm³/mol. The Morgan fingerprint density at radius 1 is 1.25 bits per heavy atom. The first-order chi connectivity index (χ1) is 1.00. The molecule has 4 heteroatoms. The molecule has 1 nitrogen and oxygen atoms in total. The zero-order chi connectivity index (χ0) is 2.00. The van der Waals surface area contributed by atoms with E-state index in [9.17, 15) is 0 Å². The molecule has 0 aromatic rings. The second kappa shape index (κ2) is 21.5. The van der Waals surface area contributed by atoms with Crippen LogP contribution in [-0.2, 0) is 23.2 Å². The van der Waals surface area contributed by atoms with Crippen LogP contribution in [0.5, 0.6) is 0 Å². The van der Waals surface area contributed by atoms with Gasteiger partial charge in [-0.25, -0.2) is 0 Å². The molecule has 0 spiro atoms. The fraction of sp³-hybridized carbons (Fsp3) is 0. The predicted octanol–water partition coefficient (Wildman–Crippen LogP) is -0.883. The van der Waals surface area contributed by atoms with E-state index in [-0.39, 0.29) is 40.4 Å². The van der Waals surface area contributed by atoms with E-state index in [4.69, 9.17) is 3.40 Å². The first kappa shape index (κ1) is 17.1. The van der Waals surface area contributed by atoms with Crippen LogP contribution in [-0.4, -0.2) is 40.4 Å². The van der Waals surface area contributed by atoms with Crippen molar-refractivity contribution < 1.29 is 23.2 Å². The van der Waals surface area contributed by atoms with Gasteiger partial charge in [0.25, 0.3) is 0 Å². The van der Waals surface area contributed by atoms with Crippen molar-refractivity contribution in [2.45, 2.75) is 0 Å². The van der Waals surface area contributed by atoms with Crippen LogP contribution in [0.25, 0.3) is 0 Å². The summed E-state index contributed by atoms with van der Waals surface area (Å²) in [6, 6.07) is 0. The minimum atomic E-state index is 0. The first-order valence-electron chi connectivity index (χ1n) is 0.167. The number of hydrogen-bond acceptors (Lipinski definition) is 1. The van der Waals surface area contributed by atoms with E-state index in [1.807, 2.05) is 0 Å². The molecule has 0 bridgehead atoms. The molecule has 0 amide bonds. The summed E-state index contributed by atoms with van der Waals surface area (Å²) < 4.78 is 8.26. The molecule has 0 unspecified atom stereocenters. The molecule has 4 heavy (non-hydrogen) atoms. The fourth-order valence-corrected chi connectivity index (χ4v) is 0. The van der Waals surface area contributed by atoms with Gasteiger partial charge >= 0.3 is 23.2 Å². The third kappa shape index (κ3) is 9.21. The van der Waals surface area contributed by atoms with Gasteiger partial charge in [-0.05, 0) is 0 Å². The summed E-state index contributed by atoms with van der Waals surface area (Å²) in [5, 5.41) is 0. The van der Waals surface area contributed by atoms with Crippen molar-refractivity contribution >= 4 is 40.4 Å². The number of hydrogen-bond donors (Lipinski definition) is 0. The molecule has 0 N–H and O–H groups in total. The Balaban J connectivity index is -0.00000000500. The first-order valence-corrected chi connectivity index (χ1v) is 0.986. The summed E-state index contributed by atoms with van der Waals surface area (Å²) in [5.41, 5.74) is 0. The zero-order valence-corrected chi connectivity index (χ0v) is 6.68. The molecule has 0 atom stereocenters. The van der Waals surface area contributed by atoms with E-state index in [1.54, 1.807) is 0 Å². The van der Waals surface area contributed by atoms with Gasteiger partial charge in [-0.3, -0.25) is 0 Å². The van der Waals surface area contributed by atoms with Gasteiger partial charge in [0.2, 0.25) is 0 Å². The average molecular weight is 163 g/mol. The Bertz CT molecular complexity index is 8.00. The van der Waals surface area contributed by atoms with Crippen molar-refractivity contribution in [3.63, 3.8) is 0 Å². The van der Waals surface area contributed by atoms with Crippen molar-refractivity contribution in [3.05, 3.63) is 0 Å². The molecule has 0 saturated carbocycles. The quantitative estimate of drug-likeness (QED) is 0.424. The topological polar surface area (TPSA) is 17.1 Å². The molecule has 0 rings (SSSR count). The third-order valence-corrected chi connectivity index (χ3v) is 0. The van der Waals surface area contributed by atoms with Gasteiger partial charge in [-0.1, -0.05) is 0 Å². The van der Waals surface area contributed by atoms with Crippen LogP contribution in [0, 0.1) is 0 Å². The van der Waals surface area contributed by atoms with Crippen LogP contribution in [0.1, 0.15) is 0 Å².